The number of nitrogens with zero attached hydrogens (tertiary/aromatic N) is 3. The summed E-state index contributed by atoms with van der Waals surface area (Å²) in [5.41, 5.74) is 1.38. The highest BCUT2D eigenvalue weighted by Crippen LogP contribution is 2.46. The molecule has 2 aromatic heterocycles. The fraction of sp³-hybridized carbons (Fsp3) is 0.444. The summed E-state index contributed by atoms with van der Waals surface area (Å²) >= 11 is 0.709. The quantitative estimate of drug-likeness (QED) is 0.422. The van der Waals surface area contributed by atoms with Gasteiger partial charge in [0, 0.05) is 24.5 Å². The maximum atomic E-state index is 14.1. The van der Waals surface area contributed by atoms with Gasteiger partial charge >= 0.3 is 6.18 Å². The van der Waals surface area contributed by atoms with E-state index in [1.165, 1.54) is 10.5 Å². The minimum Gasteiger partial charge on any atom is -0.377 e. The van der Waals surface area contributed by atoms with Crippen LogP contribution in [0.15, 0.2) is 35.4 Å². The van der Waals surface area contributed by atoms with E-state index in [2.05, 4.69) is 26.7 Å². The van der Waals surface area contributed by atoms with Crippen molar-refractivity contribution in [2.24, 2.45) is 0 Å². The van der Waals surface area contributed by atoms with Gasteiger partial charge in [-0.2, -0.15) is 13.2 Å². The Balaban J connectivity index is 1.28. The molecule has 9 nitrogen and oxygen atoms in total. The van der Waals surface area contributed by atoms with Crippen molar-refractivity contribution in [2.45, 2.75) is 48.3 Å². The summed E-state index contributed by atoms with van der Waals surface area (Å²) in [6, 6.07) is 7.21. The summed E-state index contributed by atoms with van der Waals surface area (Å²) in [5, 5.41) is 6.49. The van der Waals surface area contributed by atoms with Crippen LogP contribution in [0.5, 0.6) is 0 Å². The van der Waals surface area contributed by atoms with Crippen LogP contribution < -0.4 is 10.6 Å². The molecule has 0 spiro atoms. The Bertz CT molecular complexity index is 1650. The van der Waals surface area contributed by atoms with Crippen LogP contribution in [0.3, 0.4) is 0 Å². The third-order valence-corrected chi connectivity index (χ3v) is 11.0. The van der Waals surface area contributed by atoms with E-state index in [4.69, 9.17) is 4.74 Å². The lowest BCUT2D eigenvalue weighted by atomic mass is 9.94. The van der Waals surface area contributed by atoms with E-state index in [0.717, 1.165) is 43.1 Å². The van der Waals surface area contributed by atoms with Gasteiger partial charge in [-0.1, -0.05) is 12.1 Å². The zero-order chi connectivity index (χ0) is 28.5. The molecule has 5 heterocycles. The molecule has 1 atom stereocenters. The van der Waals surface area contributed by atoms with Crippen molar-refractivity contribution in [3.8, 4) is 10.6 Å². The fourth-order valence-corrected chi connectivity index (χ4v) is 8.28. The number of nitrogens with one attached hydrogen (secondary N) is 2. The van der Waals surface area contributed by atoms with Crippen molar-refractivity contribution in [3.05, 3.63) is 52.0 Å². The lowest BCUT2D eigenvalue weighted by molar-refractivity contribution is -0.137. The number of ether oxygens (including phenoxy) is 1. The molecule has 7 rings (SSSR count). The molecule has 41 heavy (non-hydrogen) atoms. The molecule has 2 N–H and O–H groups in total. The molecular weight excluding hydrogens is 579 g/mol. The third-order valence-electron chi connectivity index (χ3n) is 8.04. The van der Waals surface area contributed by atoms with Crippen molar-refractivity contribution >= 4 is 38.7 Å². The second kappa shape index (κ2) is 9.75. The number of hydrogen-bond donors (Lipinski definition) is 2. The Morgan fingerprint density at radius 3 is 2.56 bits per heavy atom. The third kappa shape index (κ3) is 4.90. The molecule has 1 saturated carbocycles. The SMILES string of the molecule is O=C1c2sc(-c3nc(Nc4ccc(C5CCN5)cc4C4CC4)ncc3C(F)(F)F)cc2S(=O)(=O)CCN1C1COC1. The minimum atomic E-state index is -4.80. The molecule has 216 valence electrons. The lowest BCUT2D eigenvalue weighted by Gasteiger charge is -2.36. The minimum absolute atomic E-state index is 0.000228. The Hall–Kier alpha value is -3.07. The van der Waals surface area contributed by atoms with Gasteiger partial charge in [-0.25, -0.2) is 18.4 Å². The van der Waals surface area contributed by atoms with Gasteiger partial charge in [0.2, 0.25) is 5.95 Å². The molecule has 0 bridgehead atoms. The van der Waals surface area contributed by atoms with Crippen LogP contribution >= 0.6 is 11.3 Å². The second-order valence-electron chi connectivity index (χ2n) is 10.8. The van der Waals surface area contributed by atoms with Gasteiger partial charge in [-0.15, -0.1) is 11.3 Å². The molecule has 2 saturated heterocycles. The van der Waals surface area contributed by atoms with E-state index in [0.29, 0.717) is 42.7 Å². The molecule has 1 unspecified atom stereocenters. The van der Waals surface area contributed by atoms with Crippen LogP contribution in [0, 0.1) is 0 Å². The number of halogens is 3. The number of hydrogen-bond acceptors (Lipinski definition) is 9. The number of fused-ring (bicyclic) bond motifs is 1. The summed E-state index contributed by atoms with van der Waals surface area (Å²) in [7, 11) is -3.91. The zero-order valence-corrected chi connectivity index (χ0v) is 23.3. The number of aromatic nitrogens is 2. The normalized spacial score (nSPS) is 22.5. The first-order chi connectivity index (χ1) is 19.6. The van der Waals surface area contributed by atoms with E-state index < -0.39 is 33.2 Å². The summed E-state index contributed by atoms with van der Waals surface area (Å²) in [6.45, 7) is 1.55. The molecule has 14 heteroatoms. The van der Waals surface area contributed by atoms with Crippen molar-refractivity contribution in [2.75, 3.05) is 37.4 Å². The van der Waals surface area contributed by atoms with Gasteiger partial charge in [0.05, 0.1) is 40.5 Å². The van der Waals surface area contributed by atoms with Gasteiger partial charge < -0.3 is 20.3 Å². The predicted octanol–water partition coefficient (Wildman–Crippen LogP) is 4.51. The summed E-state index contributed by atoms with van der Waals surface area (Å²) in [6.07, 6.45) is -0.986. The van der Waals surface area contributed by atoms with Crippen LogP contribution in [0.1, 0.15) is 57.6 Å². The monoisotopic (exact) mass is 605 g/mol. The smallest absolute Gasteiger partial charge is 0.377 e. The van der Waals surface area contributed by atoms with E-state index >= 15 is 0 Å². The maximum absolute atomic E-state index is 14.1. The number of alkyl halides is 3. The van der Waals surface area contributed by atoms with Gasteiger partial charge in [0.1, 0.15) is 10.4 Å². The van der Waals surface area contributed by atoms with Crippen LogP contribution in [0.25, 0.3) is 10.6 Å². The number of thiophene rings is 1. The molecule has 1 aromatic carbocycles. The Morgan fingerprint density at radius 2 is 1.93 bits per heavy atom. The van der Waals surface area contributed by atoms with Gasteiger partial charge in [-0.05, 0) is 55.0 Å². The van der Waals surface area contributed by atoms with E-state index in [9.17, 15) is 26.4 Å². The molecule has 3 fully saturated rings. The number of carbonyl (C=O) groups is 1. The highest BCUT2D eigenvalue weighted by Gasteiger charge is 2.41. The van der Waals surface area contributed by atoms with Crippen molar-refractivity contribution in [1.29, 1.82) is 0 Å². The average Bonchev–Trinajstić information content (AvgIpc) is 3.61. The van der Waals surface area contributed by atoms with Crippen molar-refractivity contribution < 1.29 is 31.1 Å². The summed E-state index contributed by atoms with van der Waals surface area (Å²) in [5.74, 6) is -0.533. The molecule has 3 aliphatic heterocycles. The Morgan fingerprint density at radius 1 is 1.15 bits per heavy atom. The molecule has 1 aliphatic carbocycles. The molecule has 1 amide bonds. The van der Waals surface area contributed by atoms with Crippen LogP contribution in [-0.4, -0.2) is 67.3 Å². The molecule has 4 aliphatic rings. The lowest BCUT2D eigenvalue weighted by Crippen LogP contribution is -2.52. The highest BCUT2D eigenvalue weighted by molar-refractivity contribution is 7.91. The topological polar surface area (TPSA) is 114 Å². The molecule has 3 aromatic rings. The standard InChI is InChI=1S/C27H26F3N5O4S2/c28-27(29,30)18-11-32-26(33-20-4-3-15(19-5-6-31-19)9-17(20)14-1-2-14)34-23(18)21-10-22-24(40-21)25(36)35(16-12-39-13-16)7-8-41(22,37)38/h3-4,9-11,14,16,19,31H,1-2,5-8,12-13H2,(H,32,33,34). The van der Waals surface area contributed by atoms with Crippen molar-refractivity contribution in [1.82, 2.24) is 20.2 Å². The number of sulfone groups is 1. The number of rotatable bonds is 6. The average molecular weight is 606 g/mol. The maximum Gasteiger partial charge on any atom is 0.420 e. The van der Waals surface area contributed by atoms with Crippen molar-refractivity contribution in [3.63, 3.8) is 0 Å². The highest BCUT2D eigenvalue weighted by atomic mass is 32.2. The second-order valence-corrected chi connectivity index (χ2v) is 13.9. The van der Waals surface area contributed by atoms with E-state index in [1.54, 1.807) is 0 Å². The fourth-order valence-electron chi connectivity index (χ4n) is 5.36. The van der Waals surface area contributed by atoms with Crippen LogP contribution in [0.4, 0.5) is 24.8 Å². The summed E-state index contributed by atoms with van der Waals surface area (Å²) in [4.78, 5) is 22.6. The number of amides is 1. The largest absolute Gasteiger partial charge is 0.420 e. The predicted molar refractivity (Wildman–Crippen MR) is 145 cm³/mol. The Labute approximate surface area is 238 Å². The first kappa shape index (κ1) is 26.8. The van der Waals surface area contributed by atoms with E-state index in [1.807, 2.05) is 12.1 Å². The van der Waals surface area contributed by atoms with Crippen LogP contribution in [-0.2, 0) is 20.8 Å². The van der Waals surface area contributed by atoms with Gasteiger partial charge in [0.15, 0.2) is 9.84 Å². The number of benzene rings is 1. The Kier molecular flexibility index (Phi) is 6.37. The molecule has 0 radical (unpaired) electrons. The van der Waals surface area contributed by atoms with E-state index in [-0.39, 0.29) is 38.9 Å². The number of carbonyl (C=O) groups excluding carboxylic acids is 1. The van der Waals surface area contributed by atoms with Gasteiger partial charge in [0.25, 0.3) is 5.91 Å². The van der Waals surface area contributed by atoms with Crippen LogP contribution in [0.2, 0.25) is 0 Å². The number of anilines is 2. The summed E-state index contributed by atoms with van der Waals surface area (Å²) < 4.78 is 73.7. The first-order valence-corrected chi connectivity index (χ1v) is 15.9. The zero-order valence-electron chi connectivity index (χ0n) is 21.7. The molecular formula is C27H26F3N5O4S2. The van der Waals surface area contributed by atoms with Gasteiger partial charge in [-0.3, -0.25) is 4.79 Å². The first-order valence-electron chi connectivity index (χ1n) is 13.4.